The molecule has 0 aromatic rings. The zero-order valence-corrected chi connectivity index (χ0v) is 10.0. The summed E-state index contributed by atoms with van der Waals surface area (Å²) < 4.78 is 25.6. The molecule has 0 spiro atoms. The Bertz CT molecular complexity index is 75.0. The molecule has 0 unspecified atom stereocenters. The van der Waals surface area contributed by atoms with Gasteiger partial charge in [-0.3, -0.25) is 0 Å². The van der Waals surface area contributed by atoms with Gasteiger partial charge in [0.2, 0.25) is 14.8 Å². The topological polar surface area (TPSA) is 85.8 Å². The number of unbranched alkanes of at least 4 members (excludes halogenated alkanes) is 2. The summed E-state index contributed by atoms with van der Waals surface area (Å²) in [4.78, 5) is 0. The van der Waals surface area contributed by atoms with Crippen molar-refractivity contribution < 1.29 is 32.7 Å². The van der Waals surface area contributed by atoms with Gasteiger partial charge in [0.05, 0.1) is 13.1 Å². The van der Waals surface area contributed by atoms with Crippen LogP contribution in [-0.2, 0) is 0 Å². The molecule has 0 rings (SSSR count). The average Bonchev–Trinajstić information content (AvgIpc) is 2.03. The van der Waals surface area contributed by atoms with Gasteiger partial charge in [0.1, 0.15) is 0 Å². The number of rotatable bonds is 6. The Labute approximate surface area is 85.8 Å². The molecular weight excluding hydrogens is 238 g/mol. The Balaban J connectivity index is 0. The lowest BCUT2D eigenvalue weighted by molar-refractivity contribution is -1.73. The Hall–Kier alpha value is 0.320. The second kappa shape index (κ2) is 14.8. The van der Waals surface area contributed by atoms with E-state index in [2.05, 4.69) is 19.2 Å². The Kier molecular flexibility index (Phi) is 18.0. The van der Waals surface area contributed by atoms with Crippen LogP contribution in [0.1, 0.15) is 39.5 Å². The Morgan fingerprint density at radius 1 is 0.923 bits per heavy atom. The minimum absolute atomic E-state index is 1.33. The summed E-state index contributed by atoms with van der Waals surface area (Å²) in [7, 11) is 0. The van der Waals surface area contributed by atoms with Crippen LogP contribution < -0.4 is 17.9 Å². The predicted molar refractivity (Wildman–Crippen MR) is 41.5 cm³/mol. The third-order valence-corrected chi connectivity index (χ3v) is 1.52. The summed E-state index contributed by atoms with van der Waals surface area (Å²) in [5.74, 6) is 0. The van der Waals surface area contributed by atoms with Gasteiger partial charge in [0.15, 0.2) is 0 Å². The molecule has 0 aromatic carbocycles. The summed E-state index contributed by atoms with van der Waals surface area (Å²) in [6, 6.07) is 0. The van der Waals surface area contributed by atoms with Crippen LogP contribution in [0.2, 0.25) is 0 Å². The van der Waals surface area contributed by atoms with E-state index < -0.39 is 14.8 Å². The molecule has 0 radical (unpaired) electrons. The van der Waals surface area contributed by atoms with Crippen molar-refractivity contribution in [2.75, 3.05) is 13.1 Å². The number of nitrogens with two attached hydrogens (primary N) is 1. The minimum Gasteiger partial charge on any atom is -0.405 e. The zero-order chi connectivity index (χ0) is 10.5. The molecular formula is C8H20BrNO3. The molecule has 0 atom stereocenters. The molecule has 0 aliphatic rings. The van der Waals surface area contributed by atoms with E-state index in [1.54, 1.807) is 0 Å². The van der Waals surface area contributed by atoms with Crippen molar-refractivity contribution in [2.45, 2.75) is 39.5 Å². The normalized spacial score (nSPS) is 9.69. The van der Waals surface area contributed by atoms with E-state index in [0.29, 0.717) is 0 Å². The molecule has 0 aliphatic carbocycles. The first-order chi connectivity index (χ1) is 6.15. The third kappa shape index (κ3) is 32.9. The SMILES string of the molecule is CCCC[NH2+]CCCC.[O-][Br+2]([O-])[O-]. The fourth-order valence-corrected chi connectivity index (χ4v) is 0.841. The van der Waals surface area contributed by atoms with Gasteiger partial charge in [-0.15, -0.1) is 0 Å². The third-order valence-electron chi connectivity index (χ3n) is 1.52. The number of halogens is 1. The maximum absolute atomic E-state index is 8.52. The Morgan fingerprint density at radius 2 is 1.23 bits per heavy atom. The molecule has 82 valence electrons. The van der Waals surface area contributed by atoms with Gasteiger partial charge in [-0.25, -0.2) is 0 Å². The number of quaternary nitrogens is 1. The lowest BCUT2D eigenvalue weighted by Gasteiger charge is -1.96. The van der Waals surface area contributed by atoms with E-state index in [1.165, 1.54) is 38.8 Å². The van der Waals surface area contributed by atoms with Gasteiger partial charge in [-0.05, 0) is 12.8 Å². The van der Waals surface area contributed by atoms with E-state index in [9.17, 15) is 0 Å². The molecule has 4 nitrogen and oxygen atoms in total. The maximum atomic E-state index is 8.52. The molecule has 5 heteroatoms. The highest BCUT2D eigenvalue weighted by Gasteiger charge is 1.86. The fraction of sp³-hybridized carbons (Fsp3) is 1.00. The summed E-state index contributed by atoms with van der Waals surface area (Å²) >= 11 is -3.65. The molecule has 0 saturated carbocycles. The van der Waals surface area contributed by atoms with Crippen LogP contribution >= 0.6 is 0 Å². The minimum atomic E-state index is -3.65. The first-order valence-corrected chi connectivity index (χ1v) is 6.64. The van der Waals surface area contributed by atoms with Crippen LogP contribution in [0.4, 0.5) is 0 Å². The summed E-state index contributed by atoms with van der Waals surface area (Å²) in [6.45, 7) is 7.15. The molecule has 2 N–H and O–H groups in total. The van der Waals surface area contributed by atoms with Gasteiger partial charge in [-0.1, -0.05) is 26.7 Å². The highest BCUT2D eigenvalue weighted by atomic mass is 80.0. The predicted octanol–water partition coefficient (Wildman–Crippen LogP) is -2.42. The molecule has 0 saturated heterocycles. The molecule has 0 bridgehead atoms. The molecule has 13 heavy (non-hydrogen) atoms. The molecule has 0 aromatic heterocycles. The Morgan fingerprint density at radius 3 is 1.46 bits per heavy atom. The van der Waals surface area contributed by atoms with Crippen molar-refractivity contribution in [3.8, 4) is 0 Å². The van der Waals surface area contributed by atoms with Gasteiger partial charge in [0.25, 0.3) is 0 Å². The summed E-state index contributed by atoms with van der Waals surface area (Å²) in [6.07, 6.45) is 5.43. The monoisotopic (exact) mass is 257 g/mol. The quantitative estimate of drug-likeness (QED) is 0.538. The average molecular weight is 258 g/mol. The van der Waals surface area contributed by atoms with Gasteiger partial charge < -0.3 is 17.9 Å². The lowest BCUT2D eigenvalue weighted by Crippen LogP contribution is -2.84. The first-order valence-electron chi connectivity index (χ1n) is 4.69. The number of hydrogen-bond donors (Lipinski definition) is 1. The van der Waals surface area contributed by atoms with Gasteiger partial charge in [-0.2, -0.15) is 0 Å². The van der Waals surface area contributed by atoms with E-state index in [0.717, 1.165) is 0 Å². The molecule has 0 fully saturated rings. The number of hydrogen-bond acceptors (Lipinski definition) is 3. The van der Waals surface area contributed by atoms with E-state index in [4.69, 9.17) is 12.6 Å². The zero-order valence-electron chi connectivity index (χ0n) is 8.42. The summed E-state index contributed by atoms with van der Waals surface area (Å²) in [5, 5.41) is 2.42. The fourth-order valence-electron chi connectivity index (χ4n) is 0.841. The molecule has 0 amide bonds. The largest absolute Gasteiger partial charge is 0.405 e. The van der Waals surface area contributed by atoms with Crippen LogP contribution in [0, 0.1) is 14.8 Å². The molecule has 0 aliphatic heterocycles. The maximum Gasteiger partial charge on any atom is 0.216 e. The van der Waals surface area contributed by atoms with Crippen molar-refractivity contribution in [1.82, 2.24) is 0 Å². The first kappa shape index (κ1) is 15.8. The van der Waals surface area contributed by atoms with Crippen molar-refractivity contribution >= 4 is 0 Å². The van der Waals surface area contributed by atoms with E-state index >= 15 is 0 Å². The second-order valence-electron chi connectivity index (χ2n) is 2.76. The lowest BCUT2D eigenvalue weighted by atomic mass is 10.3. The van der Waals surface area contributed by atoms with Crippen LogP contribution in [0.25, 0.3) is 0 Å². The van der Waals surface area contributed by atoms with Crippen molar-refractivity contribution in [3.05, 3.63) is 0 Å². The van der Waals surface area contributed by atoms with Crippen LogP contribution in [0.5, 0.6) is 0 Å². The van der Waals surface area contributed by atoms with E-state index in [-0.39, 0.29) is 0 Å². The second-order valence-corrected chi connectivity index (χ2v) is 3.56. The molecule has 0 heterocycles. The van der Waals surface area contributed by atoms with Crippen LogP contribution in [-0.4, -0.2) is 13.1 Å². The van der Waals surface area contributed by atoms with Gasteiger partial charge >= 0.3 is 0 Å². The van der Waals surface area contributed by atoms with Crippen LogP contribution in [0.3, 0.4) is 0 Å². The van der Waals surface area contributed by atoms with Crippen molar-refractivity contribution in [2.24, 2.45) is 0 Å². The van der Waals surface area contributed by atoms with Crippen molar-refractivity contribution in [3.63, 3.8) is 0 Å². The highest BCUT2D eigenvalue weighted by molar-refractivity contribution is 4.28. The highest BCUT2D eigenvalue weighted by Crippen LogP contribution is 1.80. The van der Waals surface area contributed by atoms with E-state index in [1.807, 2.05) is 0 Å². The van der Waals surface area contributed by atoms with Gasteiger partial charge in [0, 0.05) is 0 Å². The van der Waals surface area contributed by atoms with Crippen LogP contribution in [0.15, 0.2) is 0 Å². The standard InChI is InChI=1S/C8H19N.BrO3/c1-3-5-7-9-8-6-4-2;2-1(3)4/h9H,3-8H2,1-2H3;/q;-1/p+1. The smallest absolute Gasteiger partial charge is 0.216 e. The van der Waals surface area contributed by atoms with Crippen molar-refractivity contribution in [1.29, 1.82) is 0 Å². The summed E-state index contributed by atoms with van der Waals surface area (Å²) in [5.41, 5.74) is 0.